The lowest BCUT2D eigenvalue weighted by molar-refractivity contribution is -0.384. The van der Waals surface area contributed by atoms with Gasteiger partial charge in [0.05, 0.1) is 4.92 Å². The number of amides is 2. The van der Waals surface area contributed by atoms with E-state index in [0.717, 1.165) is 35.0 Å². The summed E-state index contributed by atoms with van der Waals surface area (Å²) in [7, 11) is 0. The second-order valence-electron chi connectivity index (χ2n) is 8.47. The number of non-ortho nitro benzene ring substituents is 1. The Bertz CT molecular complexity index is 1210. The summed E-state index contributed by atoms with van der Waals surface area (Å²) in [4.78, 5) is 38.2. The Balaban J connectivity index is 1.36. The highest BCUT2D eigenvalue weighted by atomic mass is 32.2. The van der Waals surface area contributed by atoms with Gasteiger partial charge in [-0.25, -0.2) is 0 Å². The summed E-state index contributed by atoms with van der Waals surface area (Å²) in [5.41, 5.74) is 1.66. The third kappa shape index (κ3) is 6.09. The maximum atomic E-state index is 12.5. The molecule has 3 aromatic rings. The summed E-state index contributed by atoms with van der Waals surface area (Å²) in [6, 6.07) is 16.0. The number of nitrogens with zero attached hydrogens (tertiary/aromatic N) is 6. The first kappa shape index (κ1) is 25.4. The van der Waals surface area contributed by atoms with Gasteiger partial charge in [-0.3, -0.25) is 24.3 Å². The molecule has 1 aliphatic heterocycles. The molecule has 10 nitrogen and oxygen atoms in total. The Labute approximate surface area is 213 Å². The van der Waals surface area contributed by atoms with Crippen LogP contribution in [-0.4, -0.2) is 73.2 Å². The first-order valence-electron chi connectivity index (χ1n) is 11.9. The molecular formula is C25H28N6O4S. The number of nitro groups is 1. The van der Waals surface area contributed by atoms with Crippen molar-refractivity contribution < 1.29 is 14.5 Å². The average molecular weight is 509 g/mol. The van der Waals surface area contributed by atoms with Crippen LogP contribution in [0.1, 0.15) is 26.2 Å². The molecule has 188 valence electrons. The number of benzene rings is 2. The quantitative estimate of drug-likeness (QED) is 0.187. The first-order chi connectivity index (χ1) is 17.4. The van der Waals surface area contributed by atoms with Crippen molar-refractivity contribution >= 4 is 29.3 Å². The lowest BCUT2D eigenvalue weighted by atomic mass is 10.2. The van der Waals surface area contributed by atoms with Crippen molar-refractivity contribution in [1.29, 1.82) is 0 Å². The van der Waals surface area contributed by atoms with Gasteiger partial charge in [0.2, 0.25) is 11.8 Å². The molecule has 1 aromatic heterocycles. The molecule has 2 amide bonds. The van der Waals surface area contributed by atoms with E-state index in [0.29, 0.717) is 38.4 Å². The molecule has 0 spiro atoms. The molecule has 1 fully saturated rings. The smallest absolute Gasteiger partial charge is 0.269 e. The van der Waals surface area contributed by atoms with Crippen LogP contribution >= 0.6 is 11.8 Å². The van der Waals surface area contributed by atoms with Crippen molar-refractivity contribution in [2.75, 3.05) is 31.9 Å². The molecule has 1 saturated heterocycles. The molecule has 36 heavy (non-hydrogen) atoms. The van der Waals surface area contributed by atoms with Crippen LogP contribution in [0.2, 0.25) is 0 Å². The third-order valence-corrected chi connectivity index (χ3v) is 7.09. The molecule has 0 bridgehead atoms. The highest BCUT2D eigenvalue weighted by Gasteiger charge is 2.22. The van der Waals surface area contributed by atoms with Gasteiger partial charge in [0, 0.05) is 68.7 Å². The summed E-state index contributed by atoms with van der Waals surface area (Å²) in [5, 5.41) is 20.5. The van der Waals surface area contributed by atoms with Crippen molar-refractivity contribution in [2.24, 2.45) is 0 Å². The SMILES string of the molecule is CC(=O)N1CCN(C(=O)CCCCSc2nnc(-c3ccc([N+](=O)[O-])cc3)n2-c2ccccc2)CC1. The minimum Gasteiger partial charge on any atom is -0.339 e. The van der Waals surface area contributed by atoms with Crippen LogP contribution in [0.25, 0.3) is 17.1 Å². The highest BCUT2D eigenvalue weighted by Crippen LogP contribution is 2.29. The normalized spacial score (nSPS) is 13.6. The lowest BCUT2D eigenvalue weighted by Crippen LogP contribution is -2.50. The molecule has 0 radical (unpaired) electrons. The number of piperazine rings is 1. The second kappa shape index (κ2) is 11.8. The number of hydrogen-bond acceptors (Lipinski definition) is 7. The van der Waals surface area contributed by atoms with Crippen LogP contribution in [0.15, 0.2) is 59.8 Å². The average Bonchev–Trinajstić information content (AvgIpc) is 3.32. The number of nitro benzene ring substituents is 1. The zero-order valence-electron chi connectivity index (χ0n) is 20.1. The van der Waals surface area contributed by atoms with E-state index in [1.54, 1.807) is 35.7 Å². The van der Waals surface area contributed by atoms with Crippen molar-refractivity contribution in [1.82, 2.24) is 24.6 Å². The van der Waals surface area contributed by atoms with Gasteiger partial charge in [0.25, 0.3) is 5.69 Å². The van der Waals surface area contributed by atoms with Crippen molar-refractivity contribution in [2.45, 2.75) is 31.3 Å². The molecule has 0 unspecified atom stereocenters. The molecule has 11 heteroatoms. The lowest BCUT2D eigenvalue weighted by Gasteiger charge is -2.34. The fraction of sp³-hybridized carbons (Fsp3) is 0.360. The Kier molecular flexibility index (Phi) is 8.32. The number of rotatable bonds is 9. The molecule has 1 aliphatic rings. The minimum atomic E-state index is -0.427. The number of para-hydroxylation sites is 1. The zero-order valence-corrected chi connectivity index (χ0v) is 20.9. The van der Waals surface area contributed by atoms with Crippen molar-refractivity contribution in [3.05, 3.63) is 64.7 Å². The van der Waals surface area contributed by atoms with Gasteiger partial charge in [-0.2, -0.15) is 0 Å². The fourth-order valence-corrected chi connectivity index (χ4v) is 5.01. The van der Waals surface area contributed by atoms with Crippen LogP contribution in [0.3, 0.4) is 0 Å². The fourth-order valence-electron chi connectivity index (χ4n) is 4.06. The number of unbranched alkanes of at least 4 members (excludes halogenated alkanes) is 1. The number of carbonyl (C=O) groups excluding carboxylic acids is 2. The van der Waals surface area contributed by atoms with E-state index in [9.17, 15) is 19.7 Å². The minimum absolute atomic E-state index is 0.0226. The number of aromatic nitrogens is 3. The van der Waals surface area contributed by atoms with E-state index in [2.05, 4.69) is 10.2 Å². The Morgan fingerprint density at radius 1 is 0.944 bits per heavy atom. The predicted molar refractivity (Wildman–Crippen MR) is 137 cm³/mol. The van der Waals surface area contributed by atoms with E-state index in [1.165, 1.54) is 12.1 Å². The van der Waals surface area contributed by atoms with Gasteiger partial charge in [-0.05, 0) is 37.1 Å². The van der Waals surface area contributed by atoms with Gasteiger partial charge >= 0.3 is 0 Å². The van der Waals surface area contributed by atoms with Gasteiger partial charge in [-0.15, -0.1) is 10.2 Å². The maximum absolute atomic E-state index is 12.5. The van der Waals surface area contributed by atoms with Crippen LogP contribution in [0.5, 0.6) is 0 Å². The predicted octanol–water partition coefficient (Wildman–Crippen LogP) is 3.80. The number of thioether (sulfide) groups is 1. The van der Waals surface area contributed by atoms with E-state index >= 15 is 0 Å². The molecular weight excluding hydrogens is 480 g/mol. The zero-order chi connectivity index (χ0) is 25.5. The second-order valence-corrected chi connectivity index (χ2v) is 9.54. The van der Waals surface area contributed by atoms with E-state index in [-0.39, 0.29) is 17.5 Å². The topological polar surface area (TPSA) is 114 Å². The van der Waals surface area contributed by atoms with Crippen molar-refractivity contribution in [3.63, 3.8) is 0 Å². The standard InChI is InChI=1S/C25H28N6O4S/c1-19(32)28-14-16-29(17-15-28)23(33)9-5-6-18-36-25-27-26-24(30(25)21-7-3-2-4-8-21)20-10-12-22(13-11-20)31(34)35/h2-4,7-8,10-13H,5-6,9,14-18H2,1H3. The van der Waals surface area contributed by atoms with Crippen LogP contribution in [0, 0.1) is 10.1 Å². The van der Waals surface area contributed by atoms with Crippen LogP contribution < -0.4 is 0 Å². The maximum Gasteiger partial charge on any atom is 0.269 e. The van der Waals surface area contributed by atoms with Crippen molar-refractivity contribution in [3.8, 4) is 17.1 Å². The summed E-state index contributed by atoms with van der Waals surface area (Å²) >= 11 is 1.57. The van der Waals surface area contributed by atoms with E-state index < -0.39 is 4.92 Å². The van der Waals surface area contributed by atoms with Gasteiger partial charge in [0.1, 0.15) is 0 Å². The Morgan fingerprint density at radius 3 is 2.25 bits per heavy atom. The van der Waals surface area contributed by atoms with Gasteiger partial charge < -0.3 is 9.80 Å². The van der Waals surface area contributed by atoms with Gasteiger partial charge in [-0.1, -0.05) is 30.0 Å². The number of hydrogen-bond donors (Lipinski definition) is 0. The Hall–Kier alpha value is -3.73. The molecule has 0 atom stereocenters. The van der Waals surface area contributed by atoms with E-state index in [1.807, 2.05) is 39.8 Å². The molecule has 2 heterocycles. The molecule has 2 aromatic carbocycles. The summed E-state index contributed by atoms with van der Waals surface area (Å²) in [6.45, 7) is 3.95. The van der Waals surface area contributed by atoms with Crippen LogP contribution in [-0.2, 0) is 9.59 Å². The monoisotopic (exact) mass is 508 g/mol. The molecule has 0 saturated carbocycles. The number of carbonyl (C=O) groups is 2. The summed E-state index contributed by atoms with van der Waals surface area (Å²) in [5.74, 6) is 1.57. The van der Waals surface area contributed by atoms with Gasteiger partial charge in [0.15, 0.2) is 11.0 Å². The Morgan fingerprint density at radius 2 is 1.61 bits per heavy atom. The summed E-state index contributed by atoms with van der Waals surface area (Å²) < 4.78 is 1.95. The highest BCUT2D eigenvalue weighted by molar-refractivity contribution is 7.99. The van der Waals surface area contributed by atoms with Crippen LogP contribution in [0.4, 0.5) is 5.69 Å². The largest absolute Gasteiger partial charge is 0.339 e. The van der Waals surface area contributed by atoms with E-state index in [4.69, 9.17) is 0 Å². The third-order valence-electron chi connectivity index (χ3n) is 6.08. The first-order valence-corrected chi connectivity index (χ1v) is 12.8. The summed E-state index contributed by atoms with van der Waals surface area (Å²) in [6.07, 6.45) is 2.10. The molecule has 0 aliphatic carbocycles. The molecule has 4 rings (SSSR count). The molecule has 0 N–H and O–H groups in total.